The van der Waals surface area contributed by atoms with Crippen LogP contribution in [0.4, 0.5) is 17.1 Å². The van der Waals surface area contributed by atoms with Crippen molar-refractivity contribution >= 4 is 40.5 Å². The smallest absolute Gasteiger partial charge is 0.257 e. The number of carbonyl (C=O) groups excluding carboxylic acids is 2. The molecule has 0 unspecified atom stereocenters. The molecule has 0 aliphatic carbocycles. The second-order valence-corrected chi connectivity index (χ2v) is 6.55. The van der Waals surface area contributed by atoms with Gasteiger partial charge in [-0.3, -0.25) is 9.59 Å². The predicted molar refractivity (Wildman–Crippen MR) is 116 cm³/mol. The third kappa shape index (κ3) is 5.49. The molecule has 3 N–H and O–H groups in total. The molecule has 0 radical (unpaired) electrons. The third-order valence-electron chi connectivity index (χ3n) is 4.09. The fourth-order valence-corrected chi connectivity index (χ4v) is 2.81. The van der Waals surface area contributed by atoms with Crippen LogP contribution in [0.3, 0.4) is 0 Å². The van der Waals surface area contributed by atoms with Crippen molar-refractivity contribution in [3.8, 4) is 5.75 Å². The summed E-state index contributed by atoms with van der Waals surface area (Å²) in [5.74, 6) is 0.0200. The van der Waals surface area contributed by atoms with E-state index < -0.39 is 0 Å². The molecule has 0 aliphatic rings. The van der Waals surface area contributed by atoms with E-state index >= 15 is 0 Å². The maximum Gasteiger partial charge on any atom is 0.257 e. The molecule has 0 heterocycles. The molecule has 0 bridgehead atoms. The average molecular weight is 410 g/mol. The molecule has 3 aromatic rings. The van der Waals surface area contributed by atoms with Gasteiger partial charge in [0.15, 0.2) is 0 Å². The summed E-state index contributed by atoms with van der Waals surface area (Å²) in [6, 6.07) is 21.0. The van der Waals surface area contributed by atoms with E-state index in [1.165, 1.54) is 0 Å². The summed E-state index contributed by atoms with van der Waals surface area (Å²) in [5.41, 5.74) is 2.18. The van der Waals surface area contributed by atoms with Crippen LogP contribution in [0, 0.1) is 0 Å². The number of nitrogens with one attached hydrogen (secondary N) is 3. The standard InChI is InChI=1S/C22H20ClN3O3/c1-29-20-9-5-4-8-19(20)26-21(27)14-24-18-7-3-2-6-17(18)22(28)25-16-12-10-15(23)11-13-16/h2-13,24H,14H2,1H3,(H,25,28)(H,26,27). The minimum Gasteiger partial charge on any atom is -0.495 e. The molecule has 0 fully saturated rings. The molecule has 0 atom stereocenters. The van der Waals surface area contributed by atoms with E-state index in [0.717, 1.165) is 0 Å². The summed E-state index contributed by atoms with van der Waals surface area (Å²) < 4.78 is 5.23. The van der Waals surface area contributed by atoms with E-state index in [4.69, 9.17) is 16.3 Å². The van der Waals surface area contributed by atoms with Crippen LogP contribution in [0.5, 0.6) is 5.75 Å². The Kier molecular flexibility index (Phi) is 6.71. The van der Waals surface area contributed by atoms with Crippen molar-refractivity contribution in [3.05, 3.63) is 83.4 Å². The number of rotatable bonds is 7. The molecule has 0 aromatic heterocycles. The summed E-state index contributed by atoms with van der Waals surface area (Å²) in [6.45, 7) is -0.0106. The Morgan fingerprint density at radius 1 is 0.862 bits per heavy atom. The number of carbonyl (C=O) groups is 2. The molecule has 3 rings (SSSR count). The number of ether oxygens (including phenoxy) is 1. The van der Waals surface area contributed by atoms with Gasteiger partial charge in [-0.15, -0.1) is 0 Å². The quantitative estimate of drug-likeness (QED) is 0.530. The largest absolute Gasteiger partial charge is 0.495 e. The fraction of sp³-hybridized carbons (Fsp3) is 0.0909. The number of hydrogen-bond acceptors (Lipinski definition) is 4. The SMILES string of the molecule is COc1ccccc1NC(=O)CNc1ccccc1C(=O)Nc1ccc(Cl)cc1. The number of anilines is 3. The maximum absolute atomic E-state index is 12.6. The predicted octanol–water partition coefficient (Wildman–Crippen LogP) is 4.65. The minimum absolute atomic E-state index is 0.0106. The molecular formula is C22H20ClN3O3. The molecule has 3 aromatic carbocycles. The topological polar surface area (TPSA) is 79.5 Å². The highest BCUT2D eigenvalue weighted by Crippen LogP contribution is 2.23. The van der Waals surface area contributed by atoms with E-state index in [1.54, 1.807) is 67.8 Å². The molecule has 148 valence electrons. The Hall–Kier alpha value is -3.51. The van der Waals surface area contributed by atoms with Gasteiger partial charge < -0.3 is 20.7 Å². The van der Waals surface area contributed by atoms with Crippen molar-refractivity contribution < 1.29 is 14.3 Å². The molecule has 6 nitrogen and oxygen atoms in total. The lowest BCUT2D eigenvalue weighted by Crippen LogP contribution is -2.23. The normalized spacial score (nSPS) is 10.1. The fourth-order valence-electron chi connectivity index (χ4n) is 2.68. The summed E-state index contributed by atoms with van der Waals surface area (Å²) in [5, 5.41) is 9.20. The number of amides is 2. The Morgan fingerprint density at radius 2 is 1.52 bits per heavy atom. The van der Waals surface area contributed by atoms with E-state index in [-0.39, 0.29) is 18.4 Å². The van der Waals surface area contributed by atoms with Crippen molar-refractivity contribution in [2.24, 2.45) is 0 Å². The monoisotopic (exact) mass is 409 g/mol. The number of para-hydroxylation sites is 3. The lowest BCUT2D eigenvalue weighted by atomic mass is 10.1. The first kappa shape index (κ1) is 20.2. The molecular weight excluding hydrogens is 390 g/mol. The highest BCUT2D eigenvalue weighted by Gasteiger charge is 2.13. The zero-order valence-corrected chi connectivity index (χ0v) is 16.5. The summed E-state index contributed by atoms with van der Waals surface area (Å²) in [7, 11) is 1.54. The second-order valence-electron chi connectivity index (χ2n) is 6.11. The Labute approximate surface area is 173 Å². The minimum atomic E-state index is -0.291. The van der Waals surface area contributed by atoms with Gasteiger partial charge in [-0.25, -0.2) is 0 Å². The number of benzene rings is 3. The molecule has 0 aliphatic heterocycles. The highest BCUT2D eigenvalue weighted by molar-refractivity contribution is 6.30. The summed E-state index contributed by atoms with van der Waals surface area (Å²) in [4.78, 5) is 25.0. The van der Waals surface area contributed by atoms with Gasteiger partial charge in [0.1, 0.15) is 5.75 Å². The van der Waals surface area contributed by atoms with E-state index in [1.807, 2.05) is 12.1 Å². The van der Waals surface area contributed by atoms with Crippen LogP contribution >= 0.6 is 11.6 Å². The molecule has 2 amide bonds. The van der Waals surface area contributed by atoms with Crippen LogP contribution in [0.15, 0.2) is 72.8 Å². The van der Waals surface area contributed by atoms with Crippen LogP contribution in [0.1, 0.15) is 10.4 Å². The molecule has 0 saturated carbocycles. The van der Waals surface area contributed by atoms with E-state index in [9.17, 15) is 9.59 Å². The van der Waals surface area contributed by atoms with E-state index in [0.29, 0.717) is 33.4 Å². The van der Waals surface area contributed by atoms with E-state index in [2.05, 4.69) is 16.0 Å². The van der Waals surface area contributed by atoms with Gasteiger partial charge in [0, 0.05) is 16.4 Å². The zero-order chi connectivity index (χ0) is 20.6. The molecule has 0 saturated heterocycles. The Balaban J connectivity index is 1.65. The first-order valence-electron chi connectivity index (χ1n) is 8.89. The van der Waals surface area contributed by atoms with Crippen LogP contribution < -0.4 is 20.7 Å². The number of halogens is 1. The first-order chi connectivity index (χ1) is 14.1. The average Bonchev–Trinajstić information content (AvgIpc) is 2.74. The number of methoxy groups -OCH3 is 1. The summed E-state index contributed by atoms with van der Waals surface area (Å²) >= 11 is 5.87. The molecule has 0 spiro atoms. The van der Waals surface area contributed by atoms with Crippen molar-refractivity contribution in [1.82, 2.24) is 0 Å². The lowest BCUT2D eigenvalue weighted by Gasteiger charge is -2.13. The third-order valence-corrected chi connectivity index (χ3v) is 4.35. The zero-order valence-electron chi connectivity index (χ0n) is 15.7. The van der Waals surface area contributed by atoms with Gasteiger partial charge in [-0.1, -0.05) is 35.9 Å². The van der Waals surface area contributed by atoms with Crippen molar-refractivity contribution in [3.63, 3.8) is 0 Å². The van der Waals surface area contributed by atoms with Gasteiger partial charge in [0.25, 0.3) is 5.91 Å². The summed E-state index contributed by atoms with van der Waals surface area (Å²) in [6.07, 6.45) is 0. The van der Waals surface area contributed by atoms with Gasteiger partial charge in [0.2, 0.25) is 5.91 Å². The first-order valence-corrected chi connectivity index (χ1v) is 9.27. The highest BCUT2D eigenvalue weighted by atomic mass is 35.5. The van der Waals surface area contributed by atoms with Crippen molar-refractivity contribution in [1.29, 1.82) is 0 Å². The van der Waals surface area contributed by atoms with Gasteiger partial charge in [0.05, 0.1) is 24.9 Å². The van der Waals surface area contributed by atoms with Crippen molar-refractivity contribution in [2.45, 2.75) is 0 Å². The van der Waals surface area contributed by atoms with Crippen LogP contribution in [-0.4, -0.2) is 25.5 Å². The van der Waals surface area contributed by atoms with Gasteiger partial charge in [-0.2, -0.15) is 0 Å². The Morgan fingerprint density at radius 3 is 2.24 bits per heavy atom. The van der Waals surface area contributed by atoms with Crippen LogP contribution in [0.2, 0.25) is 5.02 Å². The maximum atomic E-state index is 12.6. The van der Waals surface area contributed by atoms with Gasteiger partial charge in [-0.05, 0) is 48.5 Å². The lowest BCUT2D eigenvalue weighted by molar-refractivity contribution is -0.114. The Bertz CT molecular complexity index is 1010. The van der Waals surface area contributed by atoms with Crippen LogP contribution in [-0.2, 0) is 4.79 Å². The molecule has 7 heteroatoms. The van der Waals surface area contributed by atoms with Crippen molar-refractivity contribution in [2.75, 3.05) is 29.6 Å². The van der Waals surface area contributed by atoms with Crippen LogP contribution in [0.25, 0.3) is 0 Å². The van der Waals surface area contributed by atoms with Gasteiger partial charge >= 0.3 is 0 Å². The second kappa shape index (κ2) is 9.61. The number of hydrogen-bond donors (Lipinski definition) is 3. The molecule has 29 heavy (non-hydrogen) atoms.